The Bertz CT molecular complexity index is 1530. The molecule has 1 heterocycles. The first-order valence-electron chi connectivity index (χ1n) is 13.2. The van der Waals surface area contributed by atoms with Gasteiger partial charge in [-0.25, -0.2) is 8.42 Å². The van der Waals surface area contributed by atoms with Crippen molar-refractivity contribution in [2.75, 3.05) is 24.9 Å². The lowest BCUT2D eigenvalue weighted by molar-refractivity contribution is -0.149. The zero-order valence-electron chi connectivity index (χ0n) is 23.7. The quantitative estimate of drug-likeness (QED) is 0.332. The van der Waals surface area contributed by atoms with Gasteiger partial charge >= 0.3 is 5.97 Å². The fraction of sp³-hybridized carbons (Fsp3) is 0.355. The molecule has 3 aromatic rings. The van der Waals surface area contributed by atoms with Crippen molar-refractivity contribution in [2.45, 2.75) is 57.8 Å². The normalized spacial score (nSPS) is 15.0. The van der Waals surface area contributed by atoms with E-state index in [1.165, 1.54) is 7.11 Å². The monoisotopic (exact) mass is 626 g/mol. The highest BCUT2D eigenvalue weighted by Crippen LogP contribution is 2.38. The Hall–Kier alpha value is -3.17. The van der Waals surface area contributed by atoms with E-state index in [2.05, 4.69) is 20.7 Å². The molecule has 3 aromatic carbocycles. The van der Waals surface area contributed by atoms with E-state index in [1.54, 1.807) is 29.2 Å². The summed E-state index contributed by atoms with van der Waals surface area (Å²) >= 11 is 3.44. The number of likely N-dealkylation sites (tertiary alicyclic amines) is 1. The number of halogens is 1. The van der Waals surface area contributed by atoms with Crippen molar-refractivity contribution in [3.8, 4) is 0 Å². The first kappa shape index (κ1) is 29.8. The second kappa shape index (κ2) is 11.4. The van der Waals surface area contributed by atoms with Gasteiger partial charge in [-0.15, -0.1) is 0 Å². The number of piperidine rings is 1. The van der Waals surface area contributed by atoms with Crippen LogP contribution in [0.1, 0.15) is 56.6 Å². The third kappa shape index (κ3) is 5.41. The number of carbonyl (C=O) groups is 2. The second-order valence-corrected chi connectivity index (χ2v) is 13.0. The van der Waals surface area contributed by atoms with Crippen LogP contribution in [0.2, 0.25) is 0 Å². The number of ether oxygens (including phenoxy) is 1. The third-order valence-corrected chi connectivity index (χ3v) is 10.6. The summed E-state index contributed by atoms with van der Waals surface area (Å²) < 4.78 is 35.5. The topological polar surface area (TPSA) is 92.8 Å². The summed E-state index contributed by atoms with van der Waals surface area (Å²) in [6, 6.07) is 14.1. The lowest BCUT2D eigenvalue weighted by Crippen LogP contribution is -2.49. The first-order valence-corrected chi connectivity index (χ1v) is 15.4. The van der Waals surface area contributed by atoms with Gasteiger partial charge in [0.25, 0.3) is 15.9 Å². The Morgan fingerprint density at radius 1 is 0.825 bits per heavy atom. The molecular weight excluding hydrogens is 592 g/mol. The predicted molar refractivity (Wildman–Crippen MR) is 160 cm³/mol. The van der Waals surface area contributed by atoms with E-state index >= 15 is 0 Å². The van der Waals surface area contributed by atoms with E-state index in [9.17, 15) is 18.0 Å². The van der Waals surface area contributed by atoms with Gasteiger partial charge in [-0.2, -0.15) is 0 Å². The summed E-state index contributed by atoms with van der Waals surface area (Å²) in [5.74, 6) is -0.469. The van der Waals surface area contributed by atoms with Crippen molar-refractivity contribution in [1.82, 2.24) is 4.90 Å². The Labute approximate surface area is 245 Å². The van der Waals surface area contributed by atoms with E-state index in [1.807, 2.05) is 58.9 Å². The van der Waals surface area contributed by atoms with Crippen LogP contribution < -0.4 is 4.72 Å². The molecule has 0 saturated carbocycles. The van der Waals surface area contributed by atoms with Crippen LogP contribution in [0.25, 0.3) is 0 Å². The molecule has 0 radical (unpaired) electrons. The van der Waals surface area contributed by atoms with Crippen LogP contribution in [0.5, 0.6) is 0 Å². The summed E-state index contributed by atoms with van der Waals surface area (Å²) in [6.07, 6.45) is 0.887. The average Bonchev–Trinajstić information content (AvgIpc) is 2.94. The van der Waals surface area contributed by atoms with E-state index in [4.69, 9.17) is 4.74 Å². The van der Waals surface area contributed by atoms with Gasteiger partial charge in [-0.05, 0) is 117 Å². The third-order valence-electron chi connectivity index (χ3n) is 8.46. The molecular formula is C31H35BrN2O5S. The van der Waals surface area contributed by atoms with Crippen LogP contribution in [-0.2, 0) is 25.0 Å². The Morgan fingerprint density at radius 2 is 1.32 bits per heavy atom. The van der Waals surface area contributed by atoms with Gasteiger partial charge in [-0.1, -0.05) is 28.1 Å². The van der Waals surface area contributed by atoms with E-state index in [0.29, 0.717) is 42.1 Å². The molecule has 0 aliphatic carbocycles. The molecule has 1 saturated heterocycles. The maximum absolute atomic E-state index is 13.4. The van der Waals surface area contributed by atoms with Gasteiger partial charge in [-0.3, -0.25) is 14.3 Å². The summed E-state index contributed by atoms with van der Waals surface area (Å²) in [5, 5.41) is 0. The van der Waals surface area contributed by atoms with Crippen LogP contribution in [0.3, 0.4) is 0 Å². The number of nitrogens with one attached hydrogen (secondary N) is 1. The first-order chi connectivity index (χ1) is 18.8. The van der Waals surface area contributed by atoms with E-state index in [0.717, 1.165) is 37.9 Å². The molecule has 40 heavy (non-hydrogen) atoms. The van der Waals surface area contributed by atoms with Crippen LogP contribution in [0, 0.1) is 34.6 Å². The number of hydrogen-bond acceptors (Lipinski definition) is 5. The van der Waals surface area contributed by atoms with Crippen LogP contribution in [0.15, 0.2) is 57.9 Å². The maximum atomic E-state index is 13.4. The zero-order valence-corrected chi connectivity index (χ0v) is 26.1. The van der Waals surface area contributed by atoms with Gasteiger partial charge in [0.1, 0.15) is 0 Å². The molecule has 212 valence electrons. The fourth-order valence-corrected chi connectivity index (χ4v) is 7.53. The molecule has 0 unspecified atom stereocenters. The average molecular weight is 628 g/mol. The van der Waals surface area contributed by atoms with Crippen molar-refractivity contribution in [3.63, 3.8) is 0 Å². The number of carbonyl (C=O) groups excluding carboxylic acids is 2. The Morgan fingerprint density at radius 3 is 1.82 bits per heavy atom. The number of sulfonamides is 1. The number of hydrogen-bond donors (Lipinski definition) is 1. The van der Waals surface area contributed by atoms with Crippen molar-refractivity contribution in [1.29, 1.82) is 0 Å². The van der Waals surface area contributed by atoms with Gasteiger partial charge in [0.05, 0.1) is 17.4 Å². The zero-order chi connectivity index (χ0) is 29.4. The van der Waals surface area contributed by atoms with Crippen molar-refractivity contribution >= 4 is 43.5 Å². The van der Waals surface area contributed by atoms with Gasteiger partial charge in [0.15, 0.2) is 0 Å². The molecule has 1 aliphatic heterocycles. The minimum Gasteiger partial charge on any atom is -0.468 e. The summed E-state index contributed by atoms with van der Waals surface area (Å²) in [5.41, 5.74) is 5.37. The molecule has 4 rings (SSSR count). The number of methoxy groups -OCH3 is 1. The van der Waals surface area contributed by atoms with Crippen molar-refractivity contribution in [2.24, 2.45) is 0 Å². The van der Waals surface area contributed by atoms with E-state index < -0.39 is 15.4 Å². The maximum Gasteiger partial charge on any atom is 0.316 e. The minimum atomic E-state index is -3.83. The molecule has 0 bridgehead atoms. The lowest BCUT2D eigenvalue weighted by Gasteiger charge is -2.40. The summed E-state index contributed by atoms with van der Waals surface area (Å²) in [4.78, 5) is 28.2. The highest BCUT2D eigenvalue weighted by Gasteiger charge is 2.44. The van der Waals surface area contributed by atoms with Crippen molar-refractivity contribution < 1.29 is 22.7 Å². The smallest absolute Gasteiger partial charge is 0.316 e. The molecule has 1 amide bonds. The number of esters is 1. The highest BCUT2D eigenvalue weighted by atomic mass is 79.9. The molecule has 1 aliphatic rings. The fourth-order valence-electron chi connectivity index (χ4n) is 5.60. The Balaban J connectivity index is 1.50. The molecule has 0 aromatic heterocycles. The second-order valence-electron chi connectivity index (χ2n) is 10.5. The SMILES string of the molecule is COC(=O)C1(c2ccc(Br)cc2)CCN(C(=O)c2ccc(NS(=O)(=O)c3c(C)c(C)c(C)c(C)c3C)cc2)CC1. The number of benzene rings is 3. The highest BCUT2D eigenvalue weighted by molar-refractivity contribution is 9.10. The standard InChI is InChI=1S/C31H35BrN2O5S/c1-19-20(2)22(4)28(23(5)21(19)3)40(37,38)33-27-13-7-24(8-14-27)29(35)34-17-15-31(16-18-34,30(36)39-6)25-9-11-26(32)12-10-25/h7-14,33H,15-18H2,1-6H3. The summed E-state index contributed by atoms with van der Waals surface area (Å²) in [7, 11) is -2.45. The van der Waals surface area contributed by atoms with Crippen LogP contribution in [-0.4, -0.2) is 45.4 Å². The van der Waals surface area contributed by atoms with Gasteiger partial charge < -0.3 is 9.64 Å². The lowest BCUT2D eigenvalue weighted by atomic mass is 9.72. The minimum absolute atomic E-state index is 0.167. The molecule has 7 nitrogen and oxygen atoms in total. The van der Waals surface area contributed by atoms with Crippen LogP contribution in [0.4, 0.5) is 5.69 Å². The largest absolute Gasteiger partial charge is 0.468 e. The Kier molecular flexibility index (Phi) is 8.47. The molecule has 1 fully saturated rings. The van der Waals surface area contributed by atoms with Gasteiger partial charge in [0.2, 0.25) is 0 Å². The molecule has 0 spiro atoms. The molecule has 1 N–H and O–H groups in total. The number of amides is 1. The molecule has 9 heteroatoms. The number of anilines is 1. The molecule has 0 atom stereocenters. The van der Waals surface area contributed by atoms with Gasteiger partial charge in [0, 0.05) is 28.8 Å². The number of rotatable bonds is 6. The summed E-state index contributed by atoms with van der Waals surface area (Å²) in [6.45, 7) is 10.3. The van der Waals surface area contributed by atoms with Crippen LogP contribution >= 0.6 is 15.9 Å². The van der Waals surface area contributed by atoms with E-state index in [-0.39, 0.29) is 11.9 Å². The van der Waals surface area contributed by atoms with Crippen molar-refractivity contribution in [3.05, 3.63) is 91.9 Å². The number of nitrogens with zero attached hydrogens (tertiary/aromatic N) is 1. The predicted octanol–water partition coefficient (Wildman–Crippen LogP) is 6.14.